The molecule has 1 heterocycles. The molecule has 1 fully saturated rings. The smallest absolute Gasteiger partial charge is 0.159 e. The van der Waals surface area contributed by atoms with E-state index in [9.17, 15) is 8.78 Å². The first-order valence-electron chi connectivity index (χ1n) is 4.85. The molecule has 1 aromatic carbocycles. The van der Waals surface area contributed by atoms with Crippen LogP contribution in [0, 0.1) is 11.6 Å². The first-order chi connectivity index (χ1) is 7.16. The molecule has 0 radical (unpaired) electrons. The van der Waals surface area contributed by atoms with Crippen molar-refractivity contribution in [3.8, 4) is 0 Å². The van der Waals surface area contributed by atoms with Crippen LogP contribution >= 0.6 is 0 Å². The Morgan fingerprint density at radius 2 is 2.20 bits per heavy atom. The molecular formula is C11H12F2O2. The lowest BCUT2D eigenvalue weighted by molar-refractivity contribution is 0.0537. The number of rotatable bonds is 4. The van der Waals surface area contributed by atoms with E-state index in [2.05, 4.69) is 0 Å². The monoisotopic (exact) mass is 214 g/mol. The number of epoxide rings is 1. The van der Waals surface area contributed by atoms with E-state index in [1.54, 1.807) is 6.92 Å². The maximum absolute atomic E-state index is 12.9. The molecule has 2 nitrogen and oxygen atoms in total. The van der Waals surface area contributed by atoms with Gasteiger partial charge in [-0.05, 0) is 24.6 Å². The summed E-state index contributed by atoms with van der Waals surface area (Å²) < 4.78 is 36.0. The SMILES string of the molecule is C[C@H](OC[C@H]1CO1)c1ccc(F)c(F)c1. The highest BCUT2D eigenvalue weighted by Crippen LogP contribution is 2.21. The van der Waals surface area contributed by atoms with E-state index in [-0.39, 0.29) is 12.2 Å². The Balaban J connectivity index is 1.97. The van der Waals surface area contributed by atoms with E-state index < -0.39 is 11.6 Å². The van der Waals surface area contributed by atoms with E-state index in [1.807, 2.05) is 0 Å². The van der Waals surface area contributed by atoms with Crippen molar-refractivity contribution in [3.05, 3.63) is 35.4 Å². The van der Waals surface area contributed by atoms with Crippen LogP contribution in [0.4, 0.5) is 8.78 Å². The summed E-state index contributed by atoms with van der Waals surface area (Å²) in [4.78, 5) is 0. The first-order valence-corrected chi connectivity index (χ1v) is 4.85. The first kappa shape index (κ1) is 10.5. The van der Waals surface area contributed by atoms with Crippen LogP contribution in [-0.2, 0) is 9.47 Å². The number of hydrogen-bond acceptors (Lipinski definition) is 2. The summed E-state index contributed by atoms with van der Waals surface area (Å²) in [6.45, 7) is 3.03. The number of benzene rings is 1. The normalized spacial score (nSPS) is 21.4. The Kier molecular flexibility index (Phi) is 2.98. The Bertz CT molecular complexity index is 350. The fourth-order valence-corrected chi connectivity index (χ4v) is 1.28. The number of halogens is 2. The van der Waals surface area contributed by atoms with Crippen LogP contribution in [0.2, 0.25) is 0 Å². The van der Waals surface area contributed by atoms with Gasteiger partial charge in [-0.25, -0.2) is 8.78 Å². The molecule has 0 unspecified atom stereocenters. The number of hydrogen-bond donors (Lipinski definition) is 0. The Morgan fingerprint density at radius 1 is 1.47 bits per heavy atom. The summed E-state index contributed by atoms with van der Waals surface area (Å²) >= 11 is 0. The van der Waals surface area contributed by atoms with Gasteiger partial charge >= 0.3 is 0 Å². The zero-order valence-electron chi connectivity index (χ0n) is 8.37. The average molecular weight is 214 g/mol. The lowest BCUT2D eigenvalue weighted by Gasteiger charge is -2.12. The molecule has 0 amide bonds. The predicted octanol–water partition coefficient (Wildman–Crippen LogP) is 2.44. The molecule has 0 bridgehead atoms. The highest BCUT2D eigenvalue weighted by molar-refractivity contribution is 5.19. The van der Waals surface area contributed by atoms with Crippen LogP contribution in [0.1, 0.15) is 18.6 Å². The third-order valence-electron chi connectivity index (χ3n) is 2.35. The minimum absolute atomic E-state index is 0.178. The molecular weight excluding hydrogens is 202 g/mol. The molecule has 1 aliphatic rings. The predicted molar refractivity (Wildman–Crippen MR) is 50.5 cm³/mol. The molecule has 0 N–H and O–H groups in total. The van der Waals surface area contributed by atoms with E-state index >= 15 is 0 Å². The van der Waals surface area contributed by atoms with Gasteiger partial charge in [0.25, 0.3) is 0 Å². The third-order valence-corrected chi connectivity index (χ3v) is 2.35. The van der Waals surface area contributed by atoms with Gasteiger partial charge in [0.2, 0.25) is 0 Å². The quantitative estimate of drug-likeness (QED) is 0.718. The van der Waals surface area contributed by atoms with Crippen LogP contribution in [0.25, 0.3) is 0 Å². The van der Waals surface area contributed by atoms with Gasteiger partial charge in [-0.2, -0.15) is 0 Å². The van der Waals surface area contributed by atoms with Gasteiger partial charge in [0.1, 0.15) is 6.10 Å². The van der Waals surface area contributed by atoms with Crippen molar-refractivity contribution in [2.75, 3.05) is 13.2 Å². The largest absolute Gasteiger partial charge is 0.371 e. The van der Waals surface area contributed by atoms with Crippen LogP contribution in [0.3, 0.4) is 0 Å². The molecule has 1 aliphatic heterocycles. The van der Waals surface area contributed by atoms with Crippen LogP contribution in [0.15, 0.2) is 18.2 Å². The molecule has 1 aromatic rings. The summed E-state index contributed by atoms with van der Waals surface area (Å²) in [7, 11) is 0. The van der Waals surface area contributed by atoms with Gasteiger partial charge in [0.15, 0.2) is 11.6 Å². The zero-order valence-corrected chi connectivity index (χ0v) is 8.37. The van der Waals surface area contributed by atoms with E-state index in [4.69, 9.17) is 9.47 Å². The molecule has 4 heteroatoms. The molecule has 82 valence electrons. The fraction of sp³-hybridized carbons (Fsp3) is 0.455. The standard InChI is InChI=1S/C11H12F2O2/c1-7(14-5-9-6-15-9)8-2-3-10(12)11(13)4-8/h2-4,7,9H,5-6H2,1H3/t7-,9-/m0/s1. The average Bonchev–Trinajstić information content (AvgIpc) is 3.02. The van der Waals surface area contributed by atoms with E-state index in [1.165, 1.54) is 6.07 Å². The maximum atomic E-state index is 12.9. The molecule has 1 saturated heterocycles. The van der Waals surface area contributed by atoms with Crippen molar-refractivity contribution < 1.29 is 18.3 Å². The van der Waals surface area contributed by atoms with Gasteiger partial charge in [-0.15, -0.1) is 0 Å². The summed E-state index contributed by atoms with van der Waals surface area (Å²) in [5, 5.41) is 0. The summed E-state index contributed by atoms with van der Waals surface area (Å²) in [6, 6.07) is 3.79. The topological polar surface area (TPSA) is 21.8 Å². The van der Waals surface area contributed by atoms with Crippen molar-refractivity contribution in [3.63, 3.8) is 0 Å². The van der Waals surface area contributed by atoms with Crippen molar-refractivity contribution in [2.45, 2.75) is 19.1 Å². The zero-order chi connectivity index (χ0) is 10.8. The lowest BCUT2D eigenvalue weighted by atomic mass is 10.1. The molecule has 15 heavy (non-hydrogen) atoms. The van der Waals surface area contributed by atoms with E-state index in [0.717, 1.165) is 18.7 Å². The van der Waals surface area contributed by atoms with Crippen molar-refractivity contribution in [2.24, 2.45) is 0 Å². The minimum atomic E-state index is -0.842. The number of ether oxygens (including phenoxy) is 2. The van der Waals surface area contributed by atoms with Crippen molar-refractivity contribution >= 4 is 0 Å². The van der Waals surface area contributed by atoms with Crippen LogP contribution < -0.4 is 0 Å². The summed E-state index contributed by atoms with van der Waals surface area (Å²) in [5.41, 5.74) is 0.634. The summed E-state index contributed by atoms with van der Waals surface area (Å²) in [6.07, 6.45) is -0.0676. The molecule has 0 spiro atoms. The Hall–Kier alpha value is -1.00. The van der Waals surface area contributed by atoms with Gasteiger partial charge in [-0.1, -0.05) is 6.07 Å². The highest BCUT2D eigenvalue weighted by atomic mass is 19.2. The minimum Gasteiger partial charge on any atom is -0.371 e. The second-order valence-corrected chi connectivity index (χ2v) is 3.60. The maximum Gasteiger partial charge on any atom is 0.159 e. The molecule has 0 saturated carbocycles. The van der Waals surface area contributed by atoms with Crippen molar-refractivity contribution in [1.82, 2.24) is 0 Å². The second kappa shape index (κ2) is 4.24. The second-order valence-electron chi connectivity index (χ2n) is 3.60. The van der Waals surface area contributed by atoms with Gasteiger partial charge in [-0.3, -0.25) is 0 Å². The summed E-state index contributed by atoms with van der Waals surface area (Å²) in [5.74, 6) is -1.68. The van der Waals surface area contributed by atoms with Crippen molar-refractivity contribution in [1.29, 1.82) is 0 Å². The fourth-order valence-electron chi connectivity index (χ4n) is 1.28. The molecule has 2 rings (SSSR count). The van der Waals surface area contributed by atoms with E-state index in [0.29, 0.717) is 12.2 Å². The van der Waals surface area contributed by atoms with Gasteiger partial charge < -0.3 is 9.47 Å². The van der Waals surface area contributed by atoms with Crippen LogP contribution in [-0.4, -0.2) is 19.3 Å². The third kappa shape index (κ3) is 2.73. The lowest BCUT2D eigenvalue weighted by Crippen LogP contribution is -2.06. The van der Waals surface area contributed by atoms with Gasteiger partial charge in [0, 0.05) is 0 Å². The Labute approximate surface area is 86.8 Å². The van der Waals surface area contributed by atoms with Gasteiger partial charge in [0.05, 0.1) is 19.3 Å². The molecule has 2 atom stereocenters. The molecule has 0 aliphatic carbocycles. The Morgan fingerprint density at radius 3 is 2.80 bits per heavy atom. The molecule has 0 aromatic heterocycles. The highest BCUT2D eigenvalue weighted by Gasteiger charge is 2.23. The van der Waals surface area contributed by atoms with Crippen LogP contribution in [0.5, 0.6) is 0 Å².